The summed E-state index contributed by atoms with van der Waals surface area (Å²) in [6.45, 7) is 1.89. The zero-order valence-electron chi connectivity index (χ0n) is 16.3. The molecule has 1 aliphatic carbocycles. The maximum atomic E-state index is 12.5. The van der Waals surface area contributed by atoms with Gasteiger partial charge in [-0.05, 0) is 49.4 Å². The third kappa shape index (κ3) is 4.68. The standard InChI is InChI=1S/C23H23ClN2O2S/c1-15-21(26-23(28-15)18-10-4-5-11-19(18)24)13-29-14-22(27)25-20-12-6-8-16-7-2-3-9-17(16)20/h2-5,7,9-11,20H,6,8,12-14H2,1H3,(H,25,27)/t20-/m1/s1. The van der Waals surface area contributed by atoms with Gasteiger partial charge in [0, 0.05) is 5.75 Å². The van der Waals surface area contributed by atoms with Crippen LogP contribution in [0, 0.1) is 6.92 Å². The minimum Gasteiger partial charge on any atom is -0.441 e. The summed E-state index contributed by atoms with van der Waals surface area (Å²) in [6.07, 6.45) is 3.20. The van der Waals surface area contributed by atoms with Crippen molar-refractivity contribution in [1.82, 2.24) is 10.3 Å². The highest BCUT2D eigenvalue weighted by Crippen LogP contribution is 2.31. The summed E-state index contributed by atoms with van der Waals surface area (Å²) < 4.78 is 5.79. The number of aromatic nitrogens is 1. The molecule has 2 aromatic carbocycles. The van der Waals surface area contributed by atoms with E-state index in [1.54, 1.807) is 11.8 Å². The molecule has 6 heteroatoms. The van der Waals surface area contributed by atoms with Crippen LogP contribution in [0.2, 0.25) is 5.02 Å². The number of rotatable bonds is 6. The van der Waals surface area contributed by atoms with E-state index >= 15 is 0 Å². The van der Waals surface area contributed by atoms with Gasteiger partial charge in [-0.2, -0.15) is 0 Å². The third-order valence-corrected chi connectivity index (χ3v) is 6.45. The van der Waals surface area contributed by atoms with Crippen LogP contribution in [0.3, 0.4) is 0 Å². The summed E-state index contributed by atoms with van der Waals surface area (Å²) in [5.41, 5.74) is 4.24. The van der Waals surface area contributed by atoms with Crippen molar-refractivity contribution < 1.29 is 9.21 Å². The number of nitrogens with zero attached hydrogens (tertiary/aromatic N) is 1. The van der Waals surface area contributed by atoms with Crippen molar-refractivity contribution in [3.8, 4) is 11.5 Å². The molecule has 1 aliphatic rings. The Labute approximate surface area is 180 Å². The van der Waals surface area contributed by atoms with Crippen molar-refractivity contribution in [3.63, 3.8) is 0 Å². The van der Waals surface area contributed by atoms with Gasteiger partial charge in [0.15, 0.2) is 0 Å². The van der Waals surface area contributed by atoms with E-state index in [0.717, 1.165) is 36.3 Å². The Morgan fingerprint density at radius 2 is 2.03 bits per heavy atom. The normalized spacial score (nSPS) is 15.7. The minimum absolute atomic E-state index is 0.0594. The monoisotopic (exact) mass is 426 g/mol. The van der Waals surface area contributed by atoms with Crippen LogP contribution in [0.15, 0.2) is 52.9 Å². The van der Waals surface area contributed by atoms with Gasteiger partial charge in [0.05, 0.1) is 28.1 Å². The Morgan fingerprint density at radius 1 is 1.24 bits per heavy atom. The molecule has 1 N–H and O–H groups in total. The molecule has 1 amide bonds. The number of oxazole rings is 1. The fourth-order valence-corrected chi connectivity index (χ4v) is 4.74. The molecule has 0 saturated carbocycles. The molecule has 3 aromatic rings. The summed E-state index contributed by atoms with van der Waals surface area (Å²) in [5, 5.41) is 3.80. The van der Waals surface area contributed by atoms with Gasteiger partial charge in [-0.25, -0.2) is 4.98 Å². The number of carbonyl (C=O) groups is 1. The van der Waals surface area contributed by atoms with Crippen LogP contribution in [0.4, 0.5) is 0 Å². The molecular formula is C23H23ClN2O2S. The summed E-state index contributed by atoms with van der Waals surface area (Å²) in [7, 11) is 0. The largest absolute Gasteiger partial charge is 0.441 e. The SMILES string of the molecule is Cc1oc(-c2ccccc2Cl)nc1CSCC(=O)N[C@@H]1CCCc2ccccc21. The van der Waals surface area contributed by atoms with Crippen LogP contribution in [-0.2, 0) is 17.0 Å². The van der Waals surface area contributed by atoms with Crippen LogP contribution in [0.5, 0.6) is 0 Å². The van der Waals surface area contributed by atoms with Crippen molar-refractivity contribution >= 4 is 29.3 Å². The lowest BCUT2D eigenvalue weighted by atomic mass is 9.88. The maximum absolute atomic E-state index is 12.5. The van der Waals surface area contributed by atoms with E-state index in [2.05, 4.69) is 28.5 Å². The molecule has 1 aromatic heterocycles. The van der Waals surface area contributed by atoms with Crippen molar-refractivity contribution in [2.75, 3.05) is 5.75 Å². The quantitative estimate of drug-likeness (QED) is 0.546. The Balaban J connectivity index is 1.33. The lowest BCUT2D eigenvalue weighted by Gasteiger charge is -2.26. The Bertz CT molecular complexity index is 1020. The summed E-state index contributed by atoms with van der Waals surface area (Å²) in [4.78, 5) is 17.1. The van der Waals surface area contributed by atoms with E-state index in [0.29, 0.717) is 22.4 Å². The summed E-state index contributed by atoms with van der Waals surface area (Å²) in [6, 6.07) is 16.0. The third-order valence-electron chi connectivity index (χ3n) is 5.17. The van der Waals surface area contributed by atoms with Crippen LogP contribution >= 0.6 is 23.4 Å². The zero-order chi connectivity index (χ0) is 20.2. The van der Waals surface area contributed by atoms with Gasteiger partial charge >= 0.3 is 0 Å². The Hall–Kier alpha value is -2.24. The van der Waals surface area contributed by atoms with Gasteiger partial charge in [-0.3, -0.25) is 4.79 Å². The molecule has 0 aliphatic heterocycles. The first-order valence-electron chi connectivity index (χ1n) is 9.78. The van der Waals surface area contributed by atoms with E-state index in [4.69, 9.17) is 16.0 Å². The van der Waals surface area contributed by atoms with E-state index in [1.165, 1.54) is 11.1 Å². The second-order valence-corrected chi connectivity index (χ2v) is 8.60. The summed E-state index contributed by atoms with van der Waals surface area (Å²) in [5.74, 6) is 2.35. The predicted molar refractivity (Wildman–Crippen MR) is 118 cm³/mol. The predicted octanol–water partition coefficient (Wildman–Crippen LogP) is 5.73. The molecule has 0 bridgehead atoms. The van der Waals surface area contributed by atoms with Crippen molar-refractivity contribution in [2.24, 2.45) is 0 Å². The van der Waals surface area contributed by atoms with Crippen LogP contribution in [0.1, 0.15) is 41.5 Å². The number of halogens is 1. The average Bonchev–Trinajstić information content (AvgIpc) is 3.09. The number of benzene rings is 2. The molecule has 4 rings (SSSR count). The Kier molecular flexibility index (Phi) is 6.26. The van der Waals surface area contributed by atoms with Crippen LogP contribution in [-0.4, -0.2) is 16.6 Å². The number of amides is 1. The number of fused-ring (bicyclic) bond motifs is 1. The second-order valence-electron chi connectivity index (χ2n) is 7.21. The van der Waals surface area contributed by atoms with Gasteiger partial charge in [0.2, 0.25) is 11.8 Å². The molecule has 1 heterocycles. The highest BCUT2D eigenvalue weighted by Gasteiger charge is 2.21. The molecule has 1 atom stereocenters. The molecule has 0 spiro atoms. The molecule has 150 valence electrons. The molecular weight excluding hydrogens is 404 g/mol. The first kappa shape index (κ1) is 20.0. The number of hydrogen-bond donors (Lipinski definition) is 1. The minimum atomic E-state index is 0.0594. The van der Waals surface area contributed by atoms with Crippen LogP contribution in [0.25, 0.3) is 11.5 Å². The Morgan fingerprint density at radius 3 is 2.90 bits per heavy atom. The van der Waals surface area contributed by atoms with E-state index in [9.17, 15) is 4.79 Å². The van der Waals surface area contributed by atoms with Gasteiger partial charge in [0.25, 0.3) is 0 Å². The second kappa shape index (κ2) is 9.06. The fourth-order valence-electron chi connectivity index (χ4n) is 3.69. The first-order valence-corrected chi connectivity index (χ1v) is 11.3. The average molecular weight is 427 g/mol. The lowest BCUT2D eigenvalue weighted by Crippen LogP contribution is -2.32. The van der Waals surface area contributed by atoms with Gasteiger partial charge in [-0.15, -0.1) is 11.8 Å². The number of nitrogens with one attached hydrogen (secondary N) is 1. The highest BCUT2D eigenvalue weighted by molar-refractivity contribution is 7.99. The molecule has 4 nitrogen and oxygen atoms in total. The first-order chi connectivity index (χ1) is 14.1. The smallest absolute Gasteiger partial charge is 0.230 e. The van der Waals surface area contributed by atoms with Crippen molar-refractivity contribution in [2.45, 2.75) is 38.0 Å². The van der Waals surface area contributed by atoms with Crippen molar-refractivity contribution in [1.29, 1.82) is 0 Å². The van der Waals surface area contributed by atoms with E-state index in [-0.39, 0.29) is 11.9 Å². The maximum Gasteiger partial charge on any atom is 0.230 e. The van der Waals surface area contributed by atoms with Gasteiger partial charge in [0.1, 0.15) is 5.76 Å². The number of aryl methyl sites for hydroxylation is 2. The molecule has 0 unspecified atom stereocenters. The highest BCUT2D eigenvalue weighted by atomic mass is 35.5. The number of hydrogen-bond acceptors (Lipinski definition) is 4. The number of carbonyl (C=O) groups excluding carboxylic acids is 1. The molecule has 0 radical (unpaired) electrons. The summed E-state index contributed by atoms with van der Waals surface area (Å²) >= 11 is 7.78. The van der Waals surface area contributed by atoms with E-state index in [1.807, 2.05) is 37.3 Å². The topological polar surface area (TPSA) is 55.1 Å². The molecule has 29 heavy (non-hydrogen) atoms. The van der Waals surface area contributed by atoms with Gasteiger partial charge < -0.3 is 9.73 Å². The zero-order valence-corrected chi connectivity index (χ0v) is 17.9. The fraction of sp³-hybridized carbons (Fsp3) is 0.304. The lowest BCUT2D eigenvalue weighted by molar-refractivity contribution is -0.119. The number of thioether (sulfide) groups is 1. The van der Waals surface area contributed by atoms with Crippen molar-refractivity contribution in [3.05, 3.63) is 76.1 Å². The van der Waals surface area contributed by atoms with E-state index < -0.39 is 0 Å². The molecule has 0 fully saturated rings. The van der Waals surface area contributed by atoms with Crippen LogP contribution < -0.4 is 5.32 Å². The molecule has 0 saturated heterocycles. The van der Waals surface area contributed by atoms with Gasteiger partial charge in [-0.1, -0.05) is 48.0 Å².